The van der Waals surface area contributed by atoms with Gasteiger partial charge in [0, 0.05) is 43.5 Å². The highest BCUT2D eigenvalue weighted by molar-refractivity contribution is 7.19. The van der Waals surface area contributed by atoms with Crippen molar-refractivity contribution in [2.24, 2.45) is 5.73 Å². The van der Waals surface area contributed by atoms with Crippen molar-refractivity contribution in [3.63, 3.8) is 0 Å². The van der Waals surface area contributed by atoms with Gasteiger partial charge >= 0.3 is 0 Å². The molecular weight excluding hydrogens is 386 g/mol. The second-order valence-electron chi connectivity index (χ2n) is 8.54. The molecule has 3 heterocycles. The van der Waals surface area contributed by atoms with Crippen LogP contribution in [0.2, 0.25) is 0 Å². The standard InChI is InChI=1S/C21H29N5O2S/c22-17(27)11-13-1-6-16-18(13)19-20(24-12-25-21(19)29-16)28-15-4-2-14(3-5-15)26-9-7-23-8-10-26/h12-15,23H,1-11H2,(H2,22,27)/t13-,14-,15-/m1/s1. The molecule has 2 aromatic rings. The molecule has 0 unspecified atom stereocenters. The molecule has 7 nitrogen and oxygen atoms in total. The molecule has 2 aromatic heterocycles. The quantitative estimate of drug-likeness (QED) is 0.778. The Hall–Kier alpha value is -1.77. The smallest absolute Gasteiger partial charge is 0.225 e. The first-order chi connectivity index (χ1) is 14.2. The lowest BCUT2D eigenvalue weighted by molar-refractivity contribution is -0.118. The van der Waals surface area contributed by atoms with Crippen LogP contribution in [0.3, 0.4) is 0 Å². The molecule has 2 fully saturated rings. The maximum Gasteiger partial charge on any atom is 0.225 e. The van der Waals surface area contributed by atoms with Crippen LogP contribution in [0, 0.1) is 0 Å². The number of amides is 1. The first-order valence-electron chi connectivity index (χ1n) is 10.8. The van der Waals surface area contributed by atoms with Gasteiger partial charge in [0.15, 0.2) is 0 Å². The molecule has 1 saturated heterocycles. The molecule has 29 heavy (non-hydrogen) atoms. The van der Waals surface area contributed by atoms with Crippen LogP contribution in [0.1, 0.15) is 54.9 Å². The Bertz CT molecular complexity index is 887. The molecule has 1 amide bonds. The summed E-state index contributed by atoms with van der Waals surface area (Å²) >= 11 is 1.72. The number of nitrogens with one attached hydrogen (secondary N) is 1. The van der Waals surface area contributed by atoms with E-state index in [2.05, 4.69) is 20.2 Å². The van der Waals surface area contributed by atoms with E-state index in [0.717, 1.165) is 62.1 Å². The molecular formula is C21H29N5O2S. The van der Waals surface area contributed by atoms with Crippen molar-refractivity contribution in [1.82, 2.24) is 20.2 Å². The van der Waals surface area contributed by atoms with E-state index >= 15 is 0 Å². The third kappa shape index (κ3) is 3.85. The zero-order valence-electron chi connectivity index (χ0n) is 16.7. The van der Waals surface area contributed by atoms with Gasteiger partial charge in [0.05, 0.1) is 5.39 Å². The number of nitrogens with two attached hydrogens (primary N) is 1. The number of aromatic nitrogens is 2. The Balaban J connectivity index is 1.32. The highest BCUT2D eigenvalue weighted by Gasteiger charge is 2.32. The third-order valence-electron chi connectivity index (χ3n) is 6.73. The van der Waals surface area contributed by atoms with Crippen LogP contribution >= 0.6 is 11.3 Å². The molecule has 0 spiro atoms. The second kappa shape index (κ2) is 8.16. The van der Waals surface area contributed by atoms with Crippen LogP contribution in [0.25, 0.3) is 10.2 Å². The molecule has 0 aromatic carbocycles. The Kier molecular flexibility index (Phi) is 5.41. The van der Waals surface area contributed by atoms with Crippen molar-refractivity contribution in [3.8, 4) is 5.88 Å². The zero-order valence-corrected chi connectivity index (χ0v) is 17.5. The fourth-order valence-electron chi connectivity index (χ4n) is 5.31. The molecule has 3 aliphatic rings. The van der Waals surface area contributed by atoms with E-state index in [0.29, 0.717) is 18.3 Å². The molecule has 1 aliphatic heterocycles. The van der Waals surface area contributed by atoms with E-state index in [4.69, 9.17) is 10.5 Å². The average Bonchev–Trinajstić information content (AvgIpc) is 3.29. The van der Waals surface area contributed by atoms with Gasteiger partial charge in [-0.3, -0.25) is 9.69 Å². The number of carbonyl (C=O) groups is 1. The molecule has 8 heteroatoms. The number of thiophene rings is 1. The van der Waals surface area contributed by atoms with Crippen LogP contribution in [-0.2, 0) is 11.2 Å². The minimum atomic E-state index is -0.243. The molecule has 0 radical (unpaired) electrons. The number of hydrogen-bond donors (Lipinski definition) is 2. The highest BCUT2D eigenvalue weighted by Crippen LogP contribution is 2.47. The third-order valence-corrected chi connectivity index (χ3v) is 7.91. The molecule has 5 rings (SSSR count). The Labute approximate surface area is 175 Å². The number of carbonyl (C=O) groups excluding carboxylic acids is 1. The number of fused-ring (bicyclic) bond motifs is 3. The summed E-state index contributed by atoms with van der Waals surface area (Å²) < 4.78 is 6.45. The van der Waals surface area contributed by atoms with E-state index < -0.39 is 0 Å². The van der Waals surface area contributed by atoms with E-state index in [9.17, 15) is 4.79 Å². The normalized spacial score (nSPS) is 27.8. The summed E-state index contributed by atoms with van der Waals surface area (Å²) in [4.78, 5) is 25.5. The van der Waals surface area contributed by atoms with E-state index in [1.54, 1.807) is 17.7 Å². The predicted molar refractivity (Wildman–Crippen MR) is 113 cm³/mol. The first-order valence-corrected chi connectivity index (χ1v) is 11.7. The lowest BCUT2D eigenvalue weighted by atomic mass is 9.91. The maximum atomic E-state index is 11.5. The Morgan fingerprint density at radius 2 is 2.00 bits per heavy atom. The number of rotatable bonds is 5. The SMILES string of the molecule is NC(=O)C[C@H]1CCc2sc3ncnc(O[C@H]4CC[C@H](N5CCNCC5)CC4)c3c21. The van der Waals surface area contributed by atoms with Crippen molar-refractivity contribution in [3.05, 3.63) is 16.8 Å². The van der Waals surface area contributed by atoms with Crippen molar-refractivity contribution < 1.29 is 9.53 Å². The molecule has 1 saturated carbocycles. The Morgan fingerprint density at radius 3 is 2.76 bits per heavy atom. The minimum Gasteiger partial charge on any atom is -0.474 e. The maximum absolute atomic E-state index is 11.5. The fraction of sp³-hybridized carbons (Fsp3) is 0.667. The van der Waals surface area contributed by atoms with Gasteiger partial charge in [-0.05, 0) is 50.0 Å². The van der Waals surface area contributed by atoms with Gasteiger partial charge in [-0.25, -0.2) is 9.97 Å². The van der Waals surface area contributed by atoms with Gasteiger partial charge in [-0.2, -0.15) is 0 Å². The number of nitrogens with zero attached hydrogens (tertiary/aromatic N) is 3. The van der Waals surface area contributed by atoms with Crippen LogP contribution in [0.5, 0.6) is 5.88 Å². The first kappa shape index (κ1) is 19.2. The van der Waals surface area contributed by atoms with Gasteiger partial charge in [0.25, 0.3) is 0 Å². The number of hydrogen-bond acceptors (Lipinski definition) is 7. The van der Waals surface area contributed by atoms with Gasteiger partial charge in [0.1, 0.15) is 17.3 Å². The molecule has 3 N–H and O–H groups in total. The summed E-state index contributed by atoms with van der Waals surface area (Å²) in [6.07, 6.45) is 8.68. The number of piperazine rings is 1. The van der Waals surface area contributed by atoms with Crippen molar-refractivity contribution in [2.75, 3.05) is 26.2 Å². The molecule has 2 aliphatic carbocycles. The molecule has 156 valence electrons. The summed E-state index contributed by atoms with van der Waals surface area (Å²) in [6.45, 7) is 4.52. The number of ether oxygens (including phenoxy) is 1. The van der Waals surface area contributed by atoms with Crippen LogP contribution < -0.4 is 15.8 Å². The zero-order chi connectivity index (χ0) is 19.8. The van der Waals surface area contributed by atoms with Crippen LogP contribution in [-0.4, -0.2) is 59.1 Å². The van der Waals surface area contributed by atoms with Gasteiger partial charge in [-0.1, -0.05) is 0 Å². The van der Waals surface area contributed by atoms with Crippen molar-refractivity contribution in [2.45, 2.75) is 63.0 Å². The number of primary amides is 1. The molecule has 1 atom stereocenters. The second-order valence-corrected chi connectivity index (χ2v) is 9.62. The lowest BCUT2D eigenvalue weighted by Gasteiger charge is -2.39. The van der Waals surface area contributed by atoms with Crippen molar-refractivity contribution in [1.29, 1.82) is 0 Å². The molecule has 0 bridgehead atoms. The highest BCUT2D eigenvalue weighted by atomic mass is 32.1. The van der Waals surface area contributed by atoms with Crippen LogP contribution in [0.4, 0.5) is 0 Å². The van der Waals surface area contributed by atoms with Gasteiger partial charge in [-0.15, -0.1) is 11.3 Å². The average molecular weight is 416 g/mol. The summed E-state index contributed by atoms with van der Waals surface area (Å²) in [6, 6.07) is 0.688. The van der Waals surface area contributed by atoms with E-state index in [1.165, 1.54) is 23.3 Å². The summed E-state index contributed by atoms with van der Waals surface area (Å²) in [5.74, 6) is 0.635. The van der Waals surface area contributed by atoms with Crippen LogP contribution in [0.15, 0.2) is 6.33 Å². The van der Waals surface area contributed by atoms with Crippen molar-refractivity contribution >= 4 is 27.5 Å². The lowest BCUT2D eigenvalue weighted by Crippen LogP contribution is -2.50. The monoisotopic (exact) mass is 415 g/mol. The fourth-order valence-corrected chi connectivity index (χ4v) is 6.54. The predicted octanol–water partition coefficient (Wildman–Crippen LogP) is 2.19. The largest absolute Gasteiger partial charge is 0.474 e. The van der Waals surface area contributed by atoms with E-state index in [1.807, 2.05) is 0 Å². The summed E-state index contributed by atoms with van der Waals surface area (Å²) in [5, 5.41) is 4.47. The number of aryl methyl sites for hydroxylation is 1. The van der Waals surface area contributed by atoms with Gasteiger partial charge in [0.2, 0.25) is 11.8 Å². The topological polar surface area (TPSA) is 93.4 Å². The summed E-state index contributed by atoms with van der Waals surface area (Å²) in [7, 11) is 0. The van der Waals surface area contributed by atoms with E-state index in [-0.39, 0.29) is 17.9 Å². The summed E-state index contributed by atoms with van der Waals surface area (Å²) in [5.41, 5.74) is 6.71. The Morgan fingerprint density at radius 1 is 1.21 bits per heavy atom. The minimum absolute atomic E-state index is 0.174. The van der Waals surface area contributed by atoms with Gasteiger partial charge < -0.3 is 15.8 Å².